The summed E-state index contributed by atoms with van der Waals surface area (Å²) >= 11 is 0. The van der Waals surface area contributed by atoms with Gasteiger partial charge in [-0.3, -0.25) is 29.5 Å². The summed E-state index contributed by atoms with van der Waals surface area (Å²) in [5.74, 6) is -1.66. The number of nitrogens with zero attached hydrogens (tertiary/aromatic N) is 4. The minimum absolute atomic E-state index is 0.174. The van der Waals surface area contributed by atoms with Gasteiger partial charge in [0.1, 0.15) is 17.5 Å². The van der Waals surface area contributed by atoms with Crippen LogP contribution in [0.2, 0.25) is 0 Å². The zero-order valence-electron chi connectivity index (χ0n) is 24.2. The van der Waals surface area contributed by atoms with E-state index < -0.39 is 23.4 Å². The molecule has 222 valence electrons. The van der Waals surface area contributed by atoms with Crippen LogP contribution in [-0.4, -0.2) is 78.0 Å². The number of carbonyl (C=O) groups is 4. The molecular formula is C31H36FN5O5. The van der Waals surface area contributed by atoms with Crippen molar-refractivity contribution in [1.29, 1.82) is 0 Å². The van der Waals surface area contributed by atoms with Crippen molar-refractivity contribution in [2.45, 2.75) is 64.8 Å². The predicted octanol–water partition coefficient (Wildman–Crippen LogP) is 3.21. The Morgan fingerprint density at radius 3 is 2.45 bits per heavy atom. The van der Waals surface area contributed by atoms with E-state index >= 15 is 4.39 Å². The molecule has 0 saturated carbocycles. The molecular weight excluding hydrogens is 541 g/mol. The summed E-state index contributed by atoms with van der Waals surface area (Å²) in [5.41, 5.74) is 4.01. The van der Waals surface area contributed by atoms with E-state index in [0.29, 0.717) is 37.4 Å². The van der Waals surface area contributed by atoms with Gasteiger partial charge in [-0.2, -0.15) is 0 Å². The number of hydrogen-bond acceptors (Lipinski definition) is 7. The molecule has 2 saturated heterocycles. The lowest BCUT2D eigenvalue weighted by molar-refractivity contribution is -0.136. The van der Waals surface area contributed by atoms with Crippen LogP contribution < -0.4 is 15.1 Å². The van der Waals surface area contributed by atoms with Crippen LogP contribution in [0.3, 0.4) is 0 Å². The maximum atomic E-state index is 15.3. The number of hydrogen-bond donors (Lipinski definition) is 1. The standard InChI is InChI=1S/C31H36FN5O5/c1-31(2,3)42-30(41)36-9-8-20-5-4-19(14-25(20)36)17-34-10-12-35(13-11-34)26-15-21-18-37(29(40)22(21)16-23(26)32)24-6-7-27(38)33-28(24)39/h4-5,14-16,24H,6-13,17-18H2,1-3H3,(H,33,38,39). The van der Waals surface area contributed by atoms with E-state index in [-0.39, 0.29) is 42.9 Å². The number of fused-ring (bicyclic) bond motifs is 2. The van der Waals surface area contributed by atoms with Gasteiger partial charge >= 0.3 is 6.09 Å². The van der Waals surface area contributed by atoms with Gasteiger partial charge in [0.25, 0.3) is 5.91 Å². The third kappa shape index (κ3) is 5.45. The zero-order valence-corrected chi connectivity index (χ0v) is 24.2. The summed E-state index contributed by atoms with van der Waals surface area (Å²) in [6.45, 7) is 9.82. The largest absolute Gasteiger partial charge is 0.443 e. The highest BCUT2D eigenvalue weighted by atomic mass is 19.1. The molecule has 0 radical (unpaired) electrons. The molecule has 4 amide bonds. The summed E-state index contributed by atoms with van der Waals surface area (Å²) in [4.78, 5) is 57.1. The SMILES string of the molecule is CC(C)(C)OC(=O)N1CCc2ccc(CN3CCN(c4cc5c(cc4F)C(=O)N(C4CCC(=O)NC4=O)C5)CC3)cc21. The maximum absolute atomic E-state index is 15.3. The Morgan fingerprint density at radius 1 is 0.976 bits per heavy atom. The van der Waals surface area contributed by atoms with Crippen LogP contribution in [0.1, 0.15) is 60.7 Å². The zero-order chi connectivity index (χ0) is 29.8. The molecule has 0 aliphatic carbocycles. The Bertz CT molecular complexity index is 1460. The molecule has 2 aromatic rings. The number of imide groups is 1. The first-order valence-electron chi connectivity index (χ1n) is 14.5. The van der Waals surface area contributed by atoms with Crippen LogP contribution in [0.25, 0.3) is 0 Å². The Balaban J connectivity index is 1.09. The van der Waals surface area contributed by atoms with Crippen LogP contribution in [0.15, 0.2) is 30.3 Å². The highest BCUT2D eigenvalue weighted by Crippen LogP contribution is 2.34. The average Bonchev–Trinajstić information content (AvgIpc) is 3.49. The van der Waals surface area contributed by atoms with Crippen LogP contribution in [0, 0.1) is 5.82 Å². The fraction of sp³-hybridized carbons (Fsp3) is 0.484. The Hall–Kier alpha value is -3.99. The lowest BCUT2D eigenvalue weighted by atomic mass is 10.0. The molecule has 10 nitrogen and oxygen atoms in total. The Morgan fingerprint density at radius 2 is 1.74 bits per heavy atom. The molecule has 11 heteroatoms. The number of halogens is 1. The minimum atomic E-state index is -0.729. The van der Waals surface area contributed by atoms with Crippen molar-refractivity contribution in [1.82, 2.24) is 15.1 Å². The number of nitrogens with one attached hydrogen (secondary N) is 1. The molecule has 0 bridgehead atoms. The Kier molecular flexibility index (Phi) is 7.16. The lowest BCUT2D eigenvalue weighted by Gasteiger charge is -2.36. The molecule has 42 heavy (non-hydrogen) atoms. The number of amides is 4. The number of ether oxygens (including phenoxy) is 1. The van der Waals surface area contributed by atoms with Crippen molar-refractivity contribution in [3.8, 4) is 0 Å². The third-order valence-corrected chi connectivity index (χ3v) is 8.37. The number of piperidine rings is 1. The van der Waals surface area contributed by atoms with E-state index in [1.165, 1.54) is 11.0 Å². The van der Waals surface area contributed by atoms with E-state index in [4.69, 9.17) is 4.74 Å². The number of anilines is 2. The lowest BCUT2D eigenvalue weighted by Crippen LogP contribution is -2.52. The van der Waals surface area contributed by atoms with Gasteiger partial charge in [0.15, 0.2) is 0 Å². The first-order chi connectivity index (χ1) is 20.0. The minimum Gasteiger partial charge on any atom is -0.443 e. The summed E-state index contributed by atoms with van der Waals surface area (Å²) in [5, 5.41) is 2.29. The van der Waals surface area contributed by atoms with Crippen LogP contribution in [-0.2, 0) is 33.8 Å². The van der Waals surface area contributed by atoms with Gasteiger partial charge in [-0.05, 0) is 68.5 Å². The van der Waals surface area contributed by atoms with Crippen LogP contribution >= 0.6 is 0 Å². The third-order valence-electron chi connectivity index (χ3n) is 8.37. The molecule has 4 aliphatic heterocycles. The van der Waals surface area contributed by atoms with Crippen molar-refractivity contribution in [3.05, 3.63) is 58.4 Å². The van der Waals surface area contributed by atoms with Gasteiger partial charge in [0.05, 0.1) is 11.4 Å². The highest BCUT2D eigenvalue weighted by molar-refractivity contribution is 6.05. The predicted molar refractivity (Wildman–Crippen MR) is 154 cm³/mol. The first kappa shape index (κ1) is 28.1. The van der Waals surface area contributed by atoms with Crippen molar-refractivity contribution < 1.29 is 28.3 Å². The van der Waals surface area contributed by atoms with Crippen LogP contribution in [0.5, 0.6) is 0 Å². The molecule has 0 spiro atoms. The van der Waals surface area contributed by atoms with Gasteiger partial charge in [-0.25, -0.2) is 9.18 Å². The fourth-order valence-electron chi connectivity index (χ4n) is 6.25. The van der Waals surface area contributed by atoms with Gasteiger partial charge in [-0.15, -0.1) is 0 Å². The van der Waals surface area contributed by atoms with Crippen LogP contribution in [0.4, 0.5) is 20.6 Å². The number of carbonyl (C=O) groups excluding carboxylic acids is 4. The first-order valence-corrected chi connectivity index (χ1v) is 14.5. The average molecular weight is 578 g/mol. The van der Waals surface area contributed by atoms with Gasteiger partial charge < -0.3 is 14.5 Å². The molecule has 4 heterocycles. The summed E-state index contributed by atoms with van der Waals surface area (Å²) < 4.78 is 20.9. The van der Waals surface area contributed by atoms with Gasteiger partial charge in [0.2, 0.25) is 11.8 Å². The molecule has 1 N–H and O–H groups in total. The number of rotatable bonds is 4. The van der Waals surface area contributed by atoms with Crippen molar-refractivity contribution in [2.75, 3.05) is 42.5 Å². The van der Waals surface area contributed by atoms with E-state index in [1.807, 2.05) is 25.7 Å². The summed E-state index contributed by atoms with van der Waals surface area (Å²) in [6, 6.07) is 8.56. The quantitative estimate of drug-likeness (QED) is 0.557. The van der Waals surface area contributed by atoms with E-state index in [0.717, 1.165) is 36.3 Å². The van der Waals surface area contributed by atoms with E-state index in [9.17, 15) is 19.2 Å². The second-order valence-electron chi connectivity index (χ2n) is 12.5. The van der Waals surface area contributed by atoms with Gasteiger partial charge in [-0.1, -0.05) is 12.1 Å². The monoisotopic (exact) mass is 577 g/mol. The topological polar surface area (TPSA) is 102 Å². The van der Waals surface area contributed by atoms with Crippen molar-refractivity contribution in [2.24, 2.45) is 0 Å². The fourth-order valence-corrected chi connectivity index (χ4v) is 6.25. The molecule has 0 aromatic heterocycles. The Labute approximate surface area is 244 Å². The second kappa shape index (κ2) is 10.7. The normalized spacial score (nSPS) is 21.0. The maximum Gasteiger partial charge on any atom is 0.414 e. The number of benzene rings is 2. The van der Waals surface area contributed by atoms with E-state index in [2.05, 4.69) is 28.4 Å². The molecule has 4 aliphatic rings. The van der Waals surface area contributed by atoms with Gasteiger partial charge in [0, 0.05) is 57.8 Å². The smallest absolute Gasteiger partial charge is 0.414 e. The van der Waals surface area contributed by atoms with Crippen molar-refractivity contribution >= 4 is 35.2 Å². The molecule has 1 unspecified atom stereocenters. The summed E-state index contributed by atoms with van der Waals surface area (Å²) in [7, 11) is 0. The number of piperazine rings is 1. The molecule has 6 rings (SSSR count). The molecule has 2 fully saturated rings. The second-order valence-corrected chi connectivity index (χ2v) is 12.5. The van der Waals surface area contributed by atoms with Crippen molar-refractivity contribution in [3.63, 3.8) is 0 Å². The highest BCUT2D eigenvalue weighted by Gasteiger charge is 2.40. The molecule has 2 aromatic carbocycles. The summed E-state index contributed by atoms with van der Waals surface area (Å²) in [6.07, 6.45) is 0.917. The van der Waals surface area contributed by atoms with E-state index in [1.54, 1.807) is 11.0 Å². The molecule has 1 atom stereocenters.